The number of pyridine rings is 1. The van der Waals surface area contributed by atoms with Gasteiger partial charge in [0.25, 0.3) is 0 Å². The summed E-state index contributed by atoms with van der Waals surface area (Å²) in [5.41, 5.74) is 3.16. The van der Waals surface area contributed by atoms with E-state index < -0.39 is 12.0 Å². The lowest BCUT2D eigenvalue weighted by atomic mass is 10.0. The van der Waals surface area contributed by atoms with Gasteiger partial charge in [0.05, 0.1) is 23.0 Å². The SMILES string of the molecule is Cc1cc(C(=O)O)ccc1-c1ccc([C@@H]2[C@H](c3ccccn3)NC(=S)N2c2ccccc2O)o1. The summed E-state index contributed by atoms with van der Waals surface area (Å²) >= 11 is 5.67. The molecule has 1 aliphatic rings. The van der Waals surface area contributed by atoms with Gasteiger partial charge < -0.3 is 24.8 Å². The number of rotatable bonds is 5. The molecule has 7 nitrogen and oxygen atoms in total. The first-order valence-corrected chi connectivity index (χ1v) is 11.1. The van der Waals surface area contributed by atoms with Crippen LogP contribution in [0.1, 0.15) is 39.5 Å². The summed E-state index contributed by atoms with van der Waals surface area (Å²) in [5.74, 6) is 0.365. The molecule has 3 heterocycles. The molecule has 1 saturated heterocycles. The number of aromatic nitrogens is 1. The molecule has 2 aromatic carbocycles. The minimum atomic E-state index is -0.975. The van der Waals surface area contributed by atoms with Crippen LogP contribution in [0.3, 0.4) is 0 Å². The van der Waals surface area contributed by atoms with Gasteiger partial charge in [0.15, 0.2) is 5.11 Å². The second-order valence-corrected chi connectivity index (χ2v) is 8.41. The Morgan fingerprint density at radius 2 is 1.88 bits per heavy atom. The standard InChI is InChI=1S/C26H21N3O4S/c1-15-14-16(25(31)32)9-10-17(15)21-11-12-22(33-21)24-23(18-6-4-5-13-27-18)28-26(34)29(24)19-7-2-3-8-20(19)30/h2-14,23-24,30H,1H3,(H,28,34)(H,31,32)/t23-,24+/m0/s1. The lowest BCUT2D eigenvalue weighted by Crippen LogP contribution is -2.29. The molecule has 0 saturated carbocycles. The van der Waals surface area contributed by atoms with Crippen LogP contribution in [0.4, 0.5) is 5.69 Å². The maximum Gasteiger partial charge on any atom is 0.335 e. The summed E-state index contributed by atoms with van der Waals surface area (Å²) in [5, 5.41) is 23.6. The number of phenolic OH excluding ortho intramolecular Hbond substituents is 1. The zero-order chi connectivity index (χ0) is 23.8. The van der Waals surface area contributed by atoms with Crippen molar-refractivity contribution in [2.45, 2.75) is 19.0 Å². The number of benzene rings is 2. The van der Waals surface area contributed by atoms with Gasteiger partial charge in [0, 0.05) is 11.8 Å². The fourth-order valence-corrected chi connectivity index (χ4v) is 4.64. The number of aryl methyl sites for hydroxylation is 1. The van der Waals surface area contributed by atoms with Crippen molar-refractivity contribution >= 4 is 29.0 Å². The lowest BCUT2D eigenvalue weighted by molar-refractivity contribution is 0.0696. The Morgan fingerprint density at radius 3 is 2.59 bits per heavy atom. The van der Waals surface area contributed by atoms with Crippen LogP contribution in [0.15, 0.2) is 83.4 Å². The van der Waals surface area contributed by atoms with Crippen molar-refractivity contribution in [3.05, 3.63) is 102 Å². The molecule has 0 bridgehead atoms. The van der Waals surface area contributed by atoms with Crippen molar-refractivity contribution < 1.29 is 19.4 Å². The van der Waals surface area contributed by atoms with E-state index in [1.54, 1.807) is 42.6 Å². The van der Waals surface area contributed by atoms with Crippen LogP contribution in [0.2, 0.25) is 0 Å². The highest BCUT2D eigenvalue weighted by molar-refractivity contribution is 7.80. The average molecular weight is 472 g/mol. The highest BCUT2D eigenvalue weighted by Gasteiger charge is 2.43. The maximum absolute atomic E-state index is 11.3. The molecule has 0 amide bonds. The van der Waals surface area contributed by atoms with E-state index in [1.807, 2.05) is 48.2 Å². The third-order valence-corrected chi connectivity index (χ3v) is 6.21. The van der Waals surface area contributed by atoms with Gasteiger partial charge in [-0.15, -0.1) is 0 Å². The van der Waals surface area contributed by atoms with Crippen LogP contribution in [0.5, 0.6) is 5.75 Å². The van der Waals surface area contributed by atoms with Gasteiger partial charge in [-0.1, -0.05) is 24.3 Å². The maximum atomic E-state index is 11.3. The molecule has 170 valence electrons. The number of furan rings is 1. The Bertz CT molecular complexity index is 1390. The van der Waals surface area contributed by atoms with Crippen LogP contribution < -0.4 is 10.2 Å². The van der Waals surface area contributed by atoms with Gasteiger partial charge >= 0.3 is 5.97 Å². The Balaban J connectivity index is 1.60. The molecular weight excluding hydrogens is 450 g/mol. The Morgan fingerprint density at radius 1 is 1.09 bits per heavy atom. The van der Waals surface area contributed by atoms with Crippen LogP contribution in [-0.2, 0) is 0 Å². The molecular formula is C26H21N3O4S. The lowest BCUT2D eigenvalue weighted by Gasteiger charge is -2.26. The number of nitrogens with zero attached hydrogens (tertiary/aromatic N) is 2. The normalized spacial score (nSPS) is 17.6. The number of anilines is 1. The van der Waals surface area contributed by atoms with Gasteiger partial charge in [-0.2, -0.15) is 0 Å². The molecule has 2 atom stereocenters. The van der Waals surface area contributed by atoms with E-state index >= 15 is 0 Å². The molecule has 1 aliphatic heterocycles. The van der Waals surface area contributed by atoms with Crippen LogP contribution >= 0.6 is 12.2 Å². The van der Waals surface area contributed by atoms with E-state index in [0.29, 0.717) is 22.3 Å². The smallest absolute Gasteiger partial charge is 0.335 e. The number of aromatic hydroxyl groups is 1. The average Bonchev–Trinajstić information content (AvgIpc) is 3.44. The summed E-state index contributed by atoms with van der Waals surface area (Å²) in [4.78, 5) is 17.7. The third-order valence-electron chi connectivity index (χ3n) is 5.90. The first-order valence-electron chi connectivity index (χ1n) is 10.7. The van der Waals surface area contributed by atoms with Gasteiger partial charge in [-0.25, -0.2) is 4.79 Å². The number of hydrogen-bond acceptors (Lipinski definition) is 5. The van der Waals surface area contributed by atoms with Crippen LogP contribution in [0, 0.1) is 6.92 Å². The molecule has 5 rings (SSSR count). The highest BCUT2D eigenvalue weighted by Crippen LogP contribution is 2.45. The molecule has 0 radical (unpaired) electrons. The summed E-state index contributed by atoms with van der Waals surface area (Å²) in [6.45, 7) is 1.85. The monoisotopic (exact) mass is 471 g/mol. The number of para-hydroxylation sites is 2. The van der Waals surface area contributed by atoms with Gasteiger partial charge in [-0.05, 0) is 73.2 Å². The molecule has 4 aromatic rings. The summed E-state index contributed by atoms with van der Waals surface area (Å²) < 4.78 is 6.33. The van der Waals surface area contributed by atoms with E-state index in [2.05, 4.69) is 10.3 Å². The van der Waals surface area contributed by atoms with E-state index in [4.69, 9.17) is 16.6 Å². The number of carboxylic acids is 1. The number of thiocarbonyl (C=S) groups is 1. The van der Waals surface area contributed by atoms with Gasteiger partial charge in [0.1, 0.15) is 23.3 Å². The second kappa shape index (κ2) is 8.64. The molecule has 3 N–H and O–H groups in total. The zero-order valence-corrected chi connectivity index (χ0v) is 19.0. The predicted octanol–water partition coefficient (Wildman–Crippen LogP) is 5.23. The number of carboxylic acid groups (broad SMARTS) is 1. The van der Waals surface area contributed by atoms with Crippen LogP contribution in [-0.4, -0.2) is 26.3 Å². The minimum Gasteiger partial charge on any atom is -0.506 e. The Hall–Kier alpha value is -4.17. The van der Waals surface area contributed by atoms with E-state index in [0.717, 1.165) is 16.8 Å². The second-order valence-electron chi connectivity index (χ2n) is 8.02. The number of phenols is 1. The molecule has 1 fully saturated rings. The Kier molecular flexibility index (Phi) is 5.51. The number of hydrogen-bond donors (Lipinski definition) is 3. The summed E-state index contributed by atoms with van der Waals surface area (Å²) in [7, 11) is 0. The van der Waals surface area contributed by atoms with Crippen LogP contribution in [0.25, 0.3) is 11.3 Å². The summed E-state index contributed by atoms with van der Waals surface area (Å²) in [6, 6.07) is 20.6. The van der Waals surface area contributed by atoms with Crippen molar-refractivity contribution in [3.63, 3.8) is 0 Å². The molecule has 0 unspecified atom stereocenters. The van der Waals surface area contributed by atoms with E-state index in [-0.39, 0.29) is 17.4 Å². The zero-order valence-electron chi connectivity index (χ0n) is 18.2. The number of carbonyl (C=O) groups is 1. The van der Waals surface area contributed by atoms with Crippen molar-refractivity contribution in [1.29, 1.82) is 0 Å². The summed E-state index contributed by atoms with van der Waals surface area (Å²) in [6.07, 6.45) is 1.72. The number of nitrogens with one attached hydrogen (secondary N) is 1. The largest absolute Gasteiger partial charge is 0.506 e. The molecule has 0 aliphatic carbocycles. The van der Waals surface area contributed by atoms with Crippen molar-refractivity contribution in [2.75, 3.05) is 4.90 Å². The van der Waals surface area contributed by atoms with E-state index in [9.17, 15) is 15.0 Å². The highest BCUT2D eigenvalue weighted by atomic mass is 32.1. The van der Waals surface area contributed by atoms with Gasteiger partial charge in [-0.3, -0.25) is 4.98 Å². The Labute approximate surface area is 201 Å². The molecule has 0 spiro atoms. The fraction of sp³-hybridized carbons (Fsp3) is 0.115. The quantitative estimate of drug-likeness (QED) is 0.340. The predicted molar refractivity (Wildman–Crippen MR) is 132 cm³/mol. The van der Waals surface area contributed by atoms with Crippen molar-refractivity contribution in [3.8, 4) is 17.1 Å². The molecule has 34 heavy (non-hydrogen) atoms. The third kappa shape index (κ3) is 3.78. The van der Waals surface area contributed by atoms with E-state index in [1.165, 1.54) is 0 Å². The molecule has 2 aromatic heterocycles. The topological polar surface area (TPSA) is 98.8 Å². The first kappa shape index (κ1) is 21.7. The number of aromatic carboxylic acids is 1. The van der Waals surface area contributed by atoms with Crippen molar-refractivity contribution in [1.82, 2.24) is 10.3 Å². The first-order chi connectivity index (χ1) is 16.4. The fourth-order valence-electron chi connectivity index (χ4n) is 4.30. The van der Waals surface area contributed by atoms with Gasteiger partial charge in [0.2, 0.25) is 0 Å². The minimum absolute atomic E-state index is 0.102. The van der Waals surface area contributed by atoms with Crippen molar-refractivity contribution in [2.24, 2.45) is 0 Å². The molecule has 8 heteroatoms.